The average molecular weight is 256 g/mol. The molecule has 0 unspecified atom stereocenters. The predicted molar refractivity (Wildman–Crippen MR) is 64.6 cm³/mol. The van der Waals surface area contributed by atoms with Gasteiger partial charge in [0, 0.05) is 29.3 Å². The second-order valence-electron chi connectivity index (χ2n) is 3.54. The minimum atomic E-state index is -0.503. The third-order valence-electron chi connectivity index (χ3n) is 2.50. The maximum atomic E-state index is 14.1. The maximum Gasteiger partial charge on any atom is 0.173 e. The molecule has 1 aromatic heterocycles. The second kappa shape index (κ2) is 4.25. The summed E-state index contributed by atoms with van der Waals surface area (Å²) in [4.78, 5) is 0. The number of nitrogen functional groups attached to an aromatic ring is 1. The first kappa shape index (κ1) is 11.7. The molecule has 0 fully saturated rings. The van der Waals surface area contributed by atoms with Crippen molar-refractivity contribution < 1.29 is 9.13 Å². The Bertz CT molecular complexity index is 568. The van der Waals surface area contributed by atoms with E-state index in [4.69, 9.17) is 22.1 Å². The third kappa shape index (κ3) is 1.93. The molecule has 0 aliphatic heterocycles. The zero-order valence-corrected chi connectivity index (χ0v) is 10.1. The first-order valence-corrected chi connectivity index (χ1v) is 5.23. The molecule has 1 aromatic carbocycles. The Balaban J connectivity index is 2.67. The van der Waals surface area contributed by atoms with Crippen LogP contribution in [0, 0.1) is 5.82 Å². The van der Waals surface area contributed by atoms with Gasteiger partial charge in [0.1, 0.15) is 5.82 Å². The first-order chi connectivity index (χ1) is 8.04. The fourth-order valence-corrected chi connectivity index (χ4v) is 1.77. The zero-order chi connectivity index (χ0) is 12.6. The van der Waals surface area contributed by atoms with Gasteiger partial charge in [-0.3, -0.25) is 4.68 Å². The number of nitrogens with two attached hydrogens (primary N) is 1. The van der Waals surface area contributed by atoms with E-state index in [1.54, 1.807) is 7.05 Å². The number of halogens is 2. The van der Waals surface area contributed by atoms with E-state index in [-0.39, 0.29) is 11.3 Å². The first-order valence-electron chi connectivity index (χ1n) is 4.85. The smallest absolute Gasteiger partial charge is 0.173 e. The lowest BCUT2D eigenvalue weighted by Crippen LogP contribution is -1.99. The fourth-order valence-electron chi connectivity index (χ4n) is 1.56. The van der Waals surface area contributed by atoms with Gasteiger partial charge in [0.15, 0.2) is 11.6 Å². The lowest BCUT2D eigenvalue weighted by molar-refractivity contribution is 0.387. The van der Waals surface area contributed by atoms with Crippen molar-refractivity contribution in [2.45, 2.75) is 0 Å². The number of hydrogen-bond donors (Lipinski definition) is 1. The van der Waals surface area contributed by atoms with Crippen LogP contribution in [0.5, 0.6) is 5.75 Å². The molecule has 0 bridgehead atoms. The Hall–Kier alpha value is -1.75. The van der Waals surface area contributed by atoms with Crippen LogP contribution < -0.4 is 10.5 Å². The molecule has 0 amide bonds. The SMILES string of the molecule is COc1cc(Cl)cc(-c2cnn(C)c2N)c1F. The molecule has 4 nitrogen and oxygen atoms in total. The summed E-state index contributed by atoms with van der Waals surface area (Å²) >= 11 is 5.90. The summed E-state index contributed by atoms with van der Waals surface area (Å²) in [5, 5.41) is 4.34. The van der Waals surface area contributed by atoms with Crippen molar-refractivity contribution in [1.82, 2.24) is 9.78 Å². The number of hydrogen-bond acceptors (Lipinski definition) is 3. The summed E-state index contributed by atoms with van der Waals surface area (Å²) in [6.45, 7) is 0. The fraction of sp³-hybridized carbons (Fsp3) is 0.182. The lowest BCUT2D eigenvalue weighted by atomic mass is 10.1. The summed E-state index contributed by atoms with van der Waals surface area (Å²) in [5.74, 6) is -0.0550. The summed E-state index contributed by atoms with van der Waals surface area (Å²) in [5.41, 5.74) is 6.56. The van der Waals surface area contributed by atoms with Gasteiger partial charge in [-0.15, -0.1) is 0 Å². The Morgan fingerprint density at radius 2 is 2.12 bits per heavy atom. The Morgan fingerprint density at radius 3 is 2.65 bits per heavy atom. The van der Waals surface area contributed by atoms with Crippen molar-refractivity contribution in [1.29, 1.82) is 0 Å². The topological polar surface area (TPSA) is 53.1 Å². The summed E-state index contributed by atoms with van der Waals surface area (Å²) in [6, 6.07) is 2.90. The number of anilines is 1. The summed E-state index contributed by atoms with van der Waals surface area (Å²) < 4.78 is 20.4. The molecule has 0 aliphatic carbocycles. The highest BCUT2D eigenvalue weighted by Gasteiger charge is 2.16. The van der Waals surface area contributed by atoms with Gasteiger partial charge in [-0.25, -0.2) is 4.39 Å². The molecule has 0 saturated heterocycles. The molecule has 1 heterocycles. The van der Waals surface area contributed by atoms with E-state index in [1.165, 1.54) is 30.1 Å². The van der Waals surface area contributed by atoms with Crippen molar-refractivity contribution >= 4 is 17.4 Å². The van der Waals surface area contributed by atoms with Crippen LogP contribution in [-0.4, -0.2) is 16.9 Å². The van der Waals surface area contributed by atoms with Crippen molar-refractivity contribution in [2.24, 2.45) is 7.05 Å². The number of methoxy groups -OCH3 is 1. The van der Waals surface area contributed by atoms with E-state index in [1.807, 2.05) is 0 Å². The van der Waals surface area contributed by atoms with Crippen LogP contribution in [0.2, 0.25) is 5.02 Å². The van der Waals surface area contributed by atoms with Gasteiger partial charge in [-0.2, -0.15) is 5.10 Å². The van der Waals surface area contributed by atoms with Crippen LogP contribution in [0.25, 0.3) is 11.1 Å². The minimum Gasteiger partial charge on any atom is -0.494 e. The molecule has 2 rings (SSSR count). The van der Waals surface area contributed by atoms with E-state index >= 15 is 0 Å². The van der Waals surface area contributed by atoms with Crippen molar-refractivity contribution in [3.8, 4) is 16.9 Å². The molecular weight excluding hydrogens is 245 g/mol. The number of ether oxygens (including phenoxy) is 1. The largest absolute Gasteiger partial charge is 0.494 e. The monoisotopic (exact) mass is 255 g/mol. The van der Waals surface area contributed by atoms with Crippen LogP contribution in [0.4, 0.5) is 10.2 Å². The van der Waals surface area contributed by atoms with Crippen LogP contribution >= 0.6 is 11.6 Å². The van der Waals surface area contributed by atoms with Crippen LogP contribution in [-0.2, 0) is 7.05 Å². The highest BCUT2D eigenvalue weighted by Crippen LogP contribution is 2.35. The number of aromatic nitrogens is 2. The van der Waals surface area contributed by atoms with Gasteiger partial charge < -0.3 is 10.5 Å². The Kier molecular flexibility index (Phi) is 2.93. The van der Waals surface area contributed by atoms with Gasteiger partial charge in [0.25, 0.3) is 0 Å². The standard InChI is InChI=1S/C11H11ClFN3O/c1-16-11(14)8(5-15-16)7-3-6(12)4-9(17-2)10(7)13/h3-5H,14H2,1-2H3. The van der Waals surface area contributed by atoms with E-state index in [9.17, 15) is 4.39 Å². The van der Waals surface area contributed by atoms with E-state index < -0.39 is 5.82 Å². The molecule has 0 saturated carbocycles. The number of aryl methyl sites for hydroxylation is 1. The van der Waals surface area contributed by atoms with E-state index in [0.717, 1.165) is 0 Å². The van der Waals surface area contributed by atoms with Crippen molar-refractivity contribution in [3.63, 3.8) is 0 Å². The zero-order valence-electron chi connectivity index (χ0n) is 9.37. The lowest BCUT2D eigenvalue weighted by Gasteiger charge is -2.08. The Labute approximate surface area is 103 Å². The van der Waals surface area contributed by atoms with E-state index in [2.05, 4.69) is 5.10 Å². The van der Waals surface area contributed by atoms with E-state index in [0.29, 0.717) is 16.4 Å². The van der Waals surface area contributed by atoms with Gasteiger partial charge in [0.05, 0.1) is 13.3 Å². The van der Waals surface area contributed by atoms with Crippen LogP contribution in [0.3, 0.4) is 0 Å². The molecule has 2 N–H and O–H groups in total. The van der Waals surface area contributed by atoms with Gasteiger partial charge >= 0.3 is 0 Å². The summed E-state index contributed by atoms with van der Waals surface area (Å²) in [6.07, 6.45) is 1.49. The minimum absolute atomic E-state index is 0.0794. The highest BCUT2D eigenvalue weighted by molar-refractivity contribution is 6.31. The molecule has 0 aliphatic rings. The number of rotatable bonds is 2. The molecule has 90 valence electrons. The highest BCUT2D eigenvalue weighted by atomic mass is 35.5. The Morgan fingerprint density at radius 1 is 1.41 bits per heavy atom. The molecule has 2 aromatic rings. The van der Waals surface area contributed by atoms with Crippen LogP contribution in [0.15, 0.2) is 18.3 Å². The molecular formula is C11H11ClFN3O. The van der Waals surface area contributed by atoms with Gasteiger partial charge in [-0.05, 0) is 6.07 Å². The number of benzene rings is 1. The van der Waals surface area contributed by atoms with Gasteiger partial charge in [-0.1, -0.05) is 11.6 Å². The molecule has 0 radical (unpaired) electrons. The third-order valence-corrected chi connectivity index (χ3v) is 2.72. The summed E-state index contributed by atoms with van der Waals surface area (Å²) in [7, 11) is 3.06. The second-order valence-corrected chi connectivity index (χ2v) is 3.97. The van der Waals surface area contributed by atoms with Crippen LogP contribution in [0.1, 0.15) is 0 Å². The quantitative estimate of drug-likeness (QED) is 0.897. The molecule has 17 heavy (non-hydrogen) atoms. The molecule has 0 atom stereocenters. The average Bonchev–Trinajstić information content (AvgIpc) is 2.63. The molecule has 0 spiro atoms. The molecule has 6 heteroatoms. The number of nitrogens with zero attached hydrogens (tertiary/aromatic N) is 2. The van der Waals surface area contributed by atoms with Crippen molar-refractivity contribution in [2.75, 3.05) is 12.8 Å². The predicted octanol–water partition coefficient (Wildman–Crippen LogP) is 2.47. The normalized spacial score (nSPS) is 10.6. The maximum absolute atomic E-state index is 14.1. The van der Waals surface area contributed by atoms with Gasteiger partial charge in [0.2, 0.25) is 0 Å². The van der Waals surface area contributed by atoms with Crippen molar-refractivity contribution in [3.05, 3.63) is 29.2 Å².